The van der Waals surface area contributed by atoms with Crippen molar-refractivity contribution in [2.24, 2.45) is 0 Å². The zero-order valence-corrected chi connectivity index (χ0v) is 13.4. The fraction of sp³-hybridized carbons (Fsp3) is 0.333. The van der Waals surface area contributed by atoms with Gasteiger partial charge >= 0.3 is 0 Å². The highest BCUT2D eigenvalue weighted by Gasteiger charge is 2.16. The molecule has 0 fully saturated rings. The average molecular weight is 290 g/mol. The second-order valence-electron chi connectivity index (χ2n) is 6.42. The van der Waals surface area contributed by atoms with Gasteiger partial charge in [0.15, 0.2) is 0 Å². The highest BCUT2D eigenvalue weighted by molar-refractivity contribution is 6.12. The quantitative estimate of drug-likeness (QED) is 0.584. The van der Waals surface area contributed by atoms with E-state index in [4.69, 9.17) is 4.74 Å². The SMILES string of the molecule is CCC(C)OCc1ccc2c3c1ccc1cccc(c13)CC2. The molecule has 0 saturated heterocycles. The summed E-state index contributed by atoms with van der Waals surface area (Å²) in [6.45, 7) is 5.02. The van der Waals surface area contributed by atoms with Crippen LogP contribution in [0.15, 0.2) is 42.5 Å². The number of hydrogen-bond acceptors (Lipinski definition) is 1. The molecule has 0 amide bonds. The van der Waals surface area contributed by atoms with E-state index >= 15 is 0 Å². The first-order valence-corrected chi connectivity index (χ1v) is 8.34. The second kappa shape index (κ2) is 5.40. The van der Waals surface area contributed by atoms with Crippen LogP contribution in [-0.4, -0.2) is 6.10 Å². The van der Waals surface area contributed by atoms with Gasteiger partial charge in [-0.25, -0.2) is 0 Å². The maximum Gasteiger partial charge on any atom is 0.0726 e. The van der Waals surface area contributed by atoms with E-state index in [0.717, 1.165) is 19.3 Å². The Kier molecular flexibility index (Phi) is 3.38. The lowest BCUT2D eigenvalue weighted by Gasteiger charge is -2.21. The van der Waals surface area contributed by atoms with Crippen LogP contribution in [0.1, 0.15) is 37.0 Å². The average Bonchev–Trinajstić information content (AvgIpc) is 2.58. The van der Waals surface area contributed by atoms with E-state index in [0.29, 0.717) is 12.7 Å². The molecule has 1 nitrogen and oxygen atoms in total. The molecule has 3 aromatic rings. The molecule has 4 rings (SSSR count). The predicted molar refractivity (Wildman–Crippen MR) is 93.4 cm³/mol. The molecular weight excluding hydrogens is 268 g/mol. The van der Waals surface area contributed by atoms with Crippen LogP contribution in [0.3, 0.4) is 0 Å². The van der Waals surface area contributed by atoms with Crippen LogP contribution in [0, 0.1) is 0 Å². The molecule has 0 bridgehead atoms. The van der Waals surface area contributed by atoms with E-state index in [1.165, 1.54) is 38.2 Å². The normalized spacial score (nSPS) is 14.8. The summed E-state index contributed by atoms with van der Waals surface area (Å²) in [4.78, 5) is 0. The molecule has 112 valence electrons. The Hall–Kier alpha value is -1.86. The molecule has 3 aromatic carbocycles. The Bertz CT molecular complexity index is 847. The summed E-state index contributed by atoms with van der Waals surface area (Å²) < 4.78 is 5.99. The van der Waals surface area contributed by atoms with Crippen molar-refractivity contribution in [3.8, 4) is 0 Å². The van der Waals surface area contributed by atoms with E-state index in [2.05, 4.69) is 56.3 Å². The van der Waals surface area contributed by atoms with Crippen molar-refractivity contribution in [3.05, 3.63) is 59.2 Å². The van der Waals surface area contributed by atoms with Crippen molar-refractivity contribution >= 4 is 21.5 Å². The summed E-state index contributed by atoms with van der Waals surface area (Å²) in [5.41, 5.74) is 4.31. The molecule has 1 aliphatic rings. The van der Waals surface area contributed by atoms with Gasteiger partial charge in [-0.15, -0.1) is 0 Å². The molecule has 1 unspecified atom stereocenters. The molecule has 0 saturated carbocycles. The van der Waals surface area contributed by atoms with Crippen LogP contribution < -0.4 is 0 Å². The largest absolute Gasteiger partial charge is 0.374 e. The first kappa shape index (κ1) is 13.8. The van der Waals surface area contributed by atoms with Crippen LogP contribution >= 0.6 is 0 Å². The van der Waals surface area contributed by atoms with E-state index in [1.54, 1.807) is 0 Å². The van der Waals surface area contributed by atoms with Gasteiger partial charge in [0.2, 0.25) is 0 Å². The monoisotopic (exact) mass is 290 g/mol. The molecule has 1 atom stereocenters. The minimum Gasteiger partial charge on any atom is -0.374 e. The predicted octanol–water partition coefficient (Wildman–Crippen LogP) is 5.41. The minimum atomic E-state index is 0.318. The highest BCUT2D eigenvalue weighted by atomic mass is 16.5. The summed E-state index contributed by atoms with van der Waals surface area (Å²) in [5, 5.41) is 5.67. The molecule has 0 radical (unpaired) electrons. The van der Waals surface area contributed by atoms with E-state index < -0.39 is 0 Å². The second-order valence-corrected chi connectivity index (χ2v) is 6.42. The van der Waals surface area contributed by atoms with Crippen LogP contribution in [-0.2, 0) is 24.2 Å². The first-order valence-electron chi connectivity index (χ1n) is 8.34. The van der Waals surface area contributed by atoms with Gasteiger partial charge in [-0.3, -0.25) is 0 Å². The molecule has 1 heteroatoms. The zero-order chi connectivity index (χ0) is 15.1. The lowest BCUT2D eigenvalue weighted by molar-refractivity contribution is 0.0515. The molecule has 0 spiro atoms. The topological polar surface area (TPSA) is 9.23 Å². The van der Waals surface area contributed by atoms with Gasteiger partial charge in [0.1, 0.15) is 0 Å². The third-order valence-electron chi connectivity index (χ3n) is 5.05. The Labute approximate surface area is 131 Å². The number of hydrogen-bond donors (Lipinski definition) is 0. The fourth-order valence-corrected chi connectivity index (χ4v) is 3.59. The van der Waals surface area contributed by atoms with Crippen LogP contribution in [0.2, 0.25) is 0 Å². The first-order chi connectivity index (χ1) is 10.8. The molecule has 0 aliphatic heterocycles. The molecule has 0 aromatic heterocycles. The Morgan fingerprint density at radius 3 is 2.59 bits per heavy atom. The highest BCUT2D eigenvalue weighted by Crippen LogP contribution is 2.37. The minimum absolute atomic E-state index is 0.318. The molecule has 0 N–H and O–H groups in total. The van der Waals surface area contributed by atoms with Gasteiger partial charge in [-0.05, 0) is 64.4 Å². The van der Waals surface area contributed by atoms with Crippen molar-refractivity contribution in [1.29, 1.82) is 0 Å². The van der Waals surface area contributed by atoms with E-state index in [9.17, 15) is 0 Å². The Balaban J connectivity index is 1.92. The fourth-order valence-electron chi connectivity index (χ4n) is 3.59. The third-order valence-corrected chi connectivity index (χ3v) is 5.05. The number of ether oxygens (including phenoxy) is 1. The maximum atomic E-state index is 5.99. The van der Waals surface area contributed by atoms with Crippen molar-refractivity contribution in [2.75, 3.05) is 0 Å². The van der Waals surface area contributed by atoms with Gasteiger partial charge in [0.05, 0.1) is 12.7 Å². The lowest BCUT2D eigenvalue weighted by Crippen LogP contribution is -2.07. The van der Waals surface area contributed by atoms with Crippen LogP contribution in [0.5, 0.6) is 0 Å². The summed E-state index contributed by atoms with van der Waals surface area (Å²) in [5.74, 6) is 0. The van der Waals surface area contributed by atoms with Gasteiger partial charge in [0, 0.05) is 0 Å². The van der Waals surface area contributed by atoms with Crippen molar-refractivity contribution < 1.29 is 4.74 Å². The summed E-state index contributed by atoms with van der Waals surface area (Å²) in [6, 6.07) is 15.8. The smallest absolute Gasteiger partial charge is 0.0726 e. The summed E-state index contributed by atoms with van der Waals surface area (Å²) in [7, 11) is 0. The van der Waals surface area contributed by atoms with Crippen molar-refractivity contribution in [3.63, 3.8) is 0 Å². The third kappa shape index (κ3) is 2.12. The summed E-state index contributed by atoms with van der Waals surface area (Å²) >= 11 is 0. The molecular formula is C21H22O. The lowest BCUT2D eigenvalue weighted by atomic mass is 9.85. The van der Waals surface area contributed by atoms with E-state index in [-0.39, 0.29) is 0 Å². The number of benzene rings is 3. The number of aryl methyl sites for hydroxylation is 2. The van der Waals surface area contributed by atoms with Crippen LogP contribution in [0.4, 0.5) is 0 Å². The number of rotatable bonds is 4. The van der Waals surface area contributed by atoms with Crippen molar-refractivity contribution in [2.45, 2.75) is 45.8 Å². The van der Waals surface area contributed by atoms with Crippen molar-refractivity contribution in [1.82, 2.24) is 0 Å². The summed E-state index contributed by atoms with van der Waals surface area (Å²) in [6.07, 6.45) is 3.69. The Morgan fingerprint density at radius 2 is 1.77 bits per heavy atom. The molecule has 0 heterocycles. The standard InChI is InChI=1S/C21H22O/c1-3-14(2)22-13-18-10-9-17-8-7-15-5-4-6-16-11-12-19(18)21(17)20(15)16/h4-6,9-12,14H,3,7-8,13H2,1-2H3. The van der Waals surface area contributed by atoms with Gasteiger partial charge in [-0.1, -0.05) is 49.4 Å². The molecule has 22 heavy (non-hydrogen) atoms. The Morgan fingerprint density at radius 1 is 0.955 bits per heavy atom. The maximum absolute atomic E-state index is 5.99. The van der Waals surface area contributed by atoms with Gasteiger partial charge in [0.25, 0.3) is 0 Å². The zero-order valence-electron chi connectivity index (χ0n) is 13.4. The van der Waals surface area contributed by atoms with Gasteiger partial charge in [-0.2, -0.15) is 0 Å². The van der Waals surface area contributed by atoms with Gasteiger partial charge < -0.3 is 4.74 Å². The van der Waals surface area contributed by atoms with Crippen LogP contribution in [0.25, 0.3) is 21.5 Å². The van der Waals surface area contributed by atoms with E-state index in [1.807, 2.05) is 0 Å². The molecule has 1 aliphatic carbocycles.